The quantitative estimate of drug-likeness (QED) is 0.877. The first-order valence-electron chi connectivity index (χ1n) is 7.35. The van der Waals surface area contributed by atoms with Crippen molar-refractivity contribution in [2.24, 2.45) is 17.6 Å². The lowest BCUT2D eigenvalue weighted by molar-refractivity contribution is 0.232. The Kier molecular flexibility index (Phi) is 5.19. The van der Waals surface area contributed by atoms with Crippen LogP contribution in [0.25, 0.3) is 0 Å². The van der Waals surface area contributed by atoms with Gasteiger partial charge in [-0.3, -0.25) is 0 Å². The van der Waals surface area contributed by atoms with Gasteiger partial charge in [0.05, 0.1) is 5.01 Å². The SMILES string of the molecule is CCCC1CCC(C(N)Cc2nc(C)cs2)CC1. The molecule has 1 aromatic rings. The summed E-state index contributed by atoms with van der Waals surface area (Å²) in [6, 6.07) is 0.318. The number of hydrogen-bond acceptors (Lipinski definition) is 3. The zero-order chi connectivity index (χ0) is 13.0. The van der Waals surface area contributed by atoms with Gasteiger partial charge in [0, 0.05) is 23.5 Å². The fraction of sp³-hybridized carbons (Fsp3) is 0.800. The van der Waals surface area contributed by atoms with Crippen molar-refractivity contribution in [1.29, 1.82) is 0 Å². The molecule has 102 valence electrons. The maximum Gasteiger partial charge on any atom is 0.0943 e. The van der Waals surface area contributed by atoms with Crippen LogP contribution in [-0.2, 0) is 6.42 Å². The minimum atomic E-state index is 0.318. The molecule has 1 fully saturated rings. The van der Waals surface area contributed by atoms with Gasteiger partial charge in [-0.05, 0) is 31.6 Å². The summed E-state index contributed by atoms with van der Waals surface area (Å²) in [6.07, 6.45) is 9.16. The standard InChI is InChI=1S/C15H26N2S/c1-3-4-12-5-7-13(8-6-12)14(16)9-15-17-11(2)10-18-15/h10,12-14H,3-9,16H2,1-2H3. The molecule has 0 aromatic carbocycles. The molecular weight excluding hydrogens is 240 g/mol. The van der Waals surface area contributed by atoms with E-state index in [0.29, 0.717) is 6.04 Å². The summed E-state index contributed by atoms with van der Waals surface area (Å²) in [5.74, 6) is 1.70. The topological polar surface area (TPSA) is 38.9 Å². The van der Waals surface area contributed by atoms with Crippen molar-refractivity contribution in [3.8, 4) is 0 Å². The van der Waals surface area contributed by atoms with E-state index in [0.717, 1.165) is 24.0 Å². The molecule has 1 aliphatic rings. The van der Waals surface area contributed by atoms with Crippen LogP contribution in [0.2, 0.25) is 0 Å². The second kappa shape index (κ2) is 6.67. The van der Waals surface area contributed by atoms with Crippen molar-refractivity contribution in [3.63, 3.8) is 0 Å². The third-order valence-corrected chi connectivity index (χ3v) is 5.26. The first-order valence-corrected chi connectivity index (χ1v) is 8.23. The molecule has 2 N–H and O–H groups in total. The van der Waals surface area contributed by atoms with Gasteiger partial charge in [-0.2, -0.15) is 0 Å². The molecule has 2 nitrogen and oxygen atoms in total. The number of aryl methyl sites for hydroxylation is 1. The molecule has 3 heteroatoms. The monoisotopic (exact) mass is 266 g/mol. The number of hydrogen-bond donors (Lipinski definition) is 1. The fourth-order valence-electron chi connectivity index (χ4n) is 3.18. The third-order valence-electron chi connectivity index (χ3n) is 4.27. The van der Waals surface area contributed by atoms with Gasteiger partial charge in [0.15, 0.2) is 0 Å². The molecule has 1 aromatic heterocycles. The maximum absolute atomic E-state index is 6.38. The van der Waals surface area contributed by atoms with E-state index >= 15 is 0 Å². The summed E-state index contributed by atoms with van der Waals surface area (Å²) >= 11 is 1.76. The number of rotatable bonds is 5. The Morgan fingerprint density at radius 2 is 2.11 bits per heavy atom. The normalized spacial score (nSPS) is 26.2. The van der Waals surface area contributed by atoms with Crippen LogP contribution < -0.4 is 5.73 Å². The van der Waals surface area contributed by atoms with Crippen molar-refractivity contribution in [2.75, 3.05) is 0 Å². The molecule has 1 heterocycles. The largest absolute Gasteiger partial charge is 0.327 e. The Balaban J connectivity index is 1.78. The Morgan fingerprint density at radius 3 is 2.67 bits per heavy atom. The van der Waals surface area contributed by atoms with E-state index in [1.165, 1.54) is 43.5 Å². The van der Waals surface area contributed by atoms with Crippen LogP contribution in [0.3, 0.4) is 0 Å². The summed E-state index contributed by atoms with van der Waals surface area (Å²) in [5, 5.41) is 3.34. The minimum absolute atomic E-state index is 0.318. The average molecular weight is 266 g/mol. The Morgan fingerprint density at radius 1 is 1.39 bits per heavy atom. The molecule has 0 radical (unpaired) electrons. The highest BCUT2D eigenvalue weighted by atomic mass is 32.1. The van der Waals surface area contributed by atoms with E-state index in [9.17, 15) is 0 Å². The predicted octanol–water partition coefficient (Wildman–Crippen LogP) is 3.93. The first kappa shape index (κ1) is 14.0. The molecule has 0 aliphatic heterocycles. The average Bonchev–Trinajstić information content (AvgIpc) is 2.76. The lowest BCUT2D eigenvalue weighted by atomic mass is 9.76. The summed E-state index contributed by atoms with van der Waals surface area (Å²) < 4.78 is 0. The first-order chi connectivity index (χ1) is 8.69. The second-order valence-corrected chi connectivity index (χ2v) is 6.76. The second-order valence-electron chi connectivity index (χ2n) is 5.82. The van der Waals surface area contributed by atoms with Gasteiger partial charge in [-0.1, -0.05) is 32.6 Å². The van der Waals surface area contributed by atoms with Crippen LogP contribution in [-0.4, -0.2) is 11.0 Å². The van der Waals surface area contributed by atoms with Gasteiger partial charge < -0.3 is 5.73 Å². The third kappa shape index (κ3) is 3.79. The lowest BCUT2D eigenvalue weighted by Gasteiger charge is -2.31. The van der Waals surface area contributed by atoms with Gasteiger partial charge in [0.1, 0.15) is 0 Å². The minimum Gasteiger partial charge on any atom is -0.327 e. The molecule has 1 atom stereocenters. The van der Waals surface area contributed by atoms with Gasteiger partial charge in [-0.15, -0.1) is 11.3 Å². The van der Waals surface area contributed by atoms with E-state index in [1.807, 2.05) is 0 Å². The van der Waals surface area contributed by atoms with Crippen LogP contribution in [0, 0.1) is 18.8 Å². The van der Waals surface area contributed by atoms with Crippen molar-refractivity contribution in [3.05, 3.63) is 16.1 Å². The molecule has 1 saturated carbocycles. The van der Waals surface area contributed by atoms with E-state index in [-0.39, 0.29) is 0 Å². The number of thiazole rings is 1. The van der Waals surface area contributed by atoms with Gasteiger partial charge >= 0.3 is 0 Å². The summed E-state index contributed by atoms with van der Waals surface area (Å²) in [7, 11) is 0. The van der Waals surface area contributed by atoms with E-state index in [2.05, 4.69) is 24.2 Å². The number of aromatic nitrogens is 1. The molecule has 18 heavy (non-hydrogen) atoms. The molecule has 1 unspecified atom stereocenters. The molecule has 2 rings (SSSR count). The summed E-state index contributed by atoms with van der Waals surface area (Å²) in [5.41, 5.74) is 7.51. The van der Waals surface area contributed by atoms with Crippen LogP contribution in [0.4, 0.5) is 0 Å². The van der Waals surface area contributed by atoms with Crippen molar-refractivity contribution < 1.29 is 0 Å². The molecular formula is C15H26N2S. The predicted molar refractivity (Wildman–Crippen MR) is 78.9 cm³/mol. The highest BCUT2D eigenvalue weighted by Gasteiger charge is 2.25. The smallest absolute Gasteiger partial charge is 0.0943 e. The lowest BCUT2D eigenvalue weighted by Crippen LogP contribution is -2.34. The zero-order valence-corrected chi connectivity index (χ0v) is 12.5. The molecule has 0 spiro atoms. The Hall–Kier alpha value is -0.410. The summed E-state index contributed by atoms with van der Waals surface area (Å²) in [4.78, 5) is 4.53. The van der Waals surface area contributed by atoms with Gasteiger partial charge in [-0.25, -0.2) is 4.98 Å². The van der Waals surface area contributed by atoms with Crippen LogP contribution >= 0.6 is 11.3 Å². The summed E-state index contributed by atoms with van der Waals surface area (Å²) in [6.45, 7) is 4.35. The Labute approximate surface area is 115 Å². The van der Waals surface area contributed by atoms with E-state index in [1.54, 1.807) is 11.3 Å². The molecule has 0 saturated heterocycles. The molecule has 0 bridgehead atoms. The molecule has 1 aliphatic carbocycles. The number of nitrogens with two attached hydrogens (primary N) is 1. The van der Waals surface area contributed by atoms with Crippen molar-refractivity contribution in [1.82, 2.24) is 4.98 Å². The van der Waals surface area contributed by atoms with Crippen molar-refractivity contribution >= 4 is 11.3 Å². The van der Waals surface area contributed by atoms with Gasteiger partial charge in [0.2, 0.25) is 0 Å². The zero-order valence-electron chi connectivity index (χ0n) is 11.7. The highest BCUT2D eigenvalue weighted by molar-refractivity contribution is 7.09. The van der Waals surface area contributed by atoms with Crippen LogP contribution in [0.5, 0.6) is 0 Å². The molecule has 0 amide bonds. The van der Waals surface area contributed by atoms with Crippen molar-refractivity contribution in [2.45, 2.75) is 64.8 Å². The Bertz CT molecular complexity index is 353. The van der Waals surface area contributed by atoms with Gasteiger partial charge in [0.25, 0.3) is 0 Å². The van der Waals surface area contributed by atoms with Crippen LogP contribution in [0.15, 0.2) is 5.38 Å². The fourth-order valence-corrected chi connectivity index (χ4v) is 4.02. The number of nitrogens with zero attached hydrogens (tertiary/aromatic N) is 1. The maximum atomic E-state index is 6.38. The van der Waals surface area contributed by atoms with Crippen LogP contribution in [0.1, 0.15) is 56.2 Å². The highest BCUT2D eigenvalue weighted by Crippen LogP contribution is 2.33. The van der Waals surface area contributed by atoms with E-state index < -0.39 is 0 Å². The van der Waals surface area contributed by atoms with E-state index in [4.69, 9.17) is 5.73 Å².